The van der Waals surface area contributed by atoms with E-state index in [0.29, 0.717) is 5.41 Å². The Morgan fingerprint density at radius 1 is 1.30 bits per heavy atom. The molecule has 27 heavy (non-hydrogen) atoms. The number of aliphatic imine (C=N–C) groups is 1. The average molecular weight is 491 g/mol. The van der Waals surface area contributed by atoms with Gasteiger partial charge in [-0.3, -0.25) is 9.67 Å². The van der Waals surface area contributed by atoms with Gasteiger partial charge in [-0.2, -0.15) is 5.10 Å². The van der Waals surface area contributed by atoms with Gasteiger partial charge in [0.05, 0.1) is 6.20 Å². The third-order valence-corrected chi connectivity index (χ3v) is 5.25. The van der Waals surface area contributed by atoms with Gasteiger partial charge in [0, 0.05) is 46.1 Å². The zero-order valence-corrected chi connectivity index (χ0v) is 19.6. The molecule has 0 amide bonds. The first-order valence-corrected chi connectivity index (χ1v) is 10.2. The van der Waals surface area contributed by atoms with Gasteiger partial charge in [0.1, 0.15) is 0 Å². The maximum absolute atomic E-state index is 5.61. The second-order valence-corrected chi connectivity index (χ2v) is 7.40. The summed E-state index contributed by atoms with van der Waals surface area (Å²) in [6.45, 7) is 8.57. The standard InChI is InChI=1S/C20H37N5O.HI/c1-4-21-19(22-13-8-9-18-15-24-25(3)16-18)23-17-20(10-6-7-11-20)12-14-26-5-2;/h15-16H,4-14,17H2,1-3H3,(H2,21,22,23);1H. The fourth-order valence-electron chi connectivity index (χ4n) is 3.73. The molecule has 0 radical (unpaired) electrons. The molecule has 0 unspecified atom stereocenters. The highest BCUT2D eigenvalue weighted by molar-refractivity contribution is 14.0. The van der Waals surface area contributed by atoms with Gasteiger partial charge >= 0.3 is 0 Å². The summed E-state index contributed by atoms with van der Waals surface area (Å²) >= 11 is 0. The molecular weight excluding hydrogens is 453 g/mol. The van der Waals surface area contributed by atoms with Crippen LogP contribution in [0.1, 0.15) is 57.9 Å². The quantitative estimate of drug-likeness (QED) is 0.215. The molecule has 1 aliphatic rings. The number of nitrogens with zero attached hydrogens (tertiary/aromatic N) is 3. The van der Waals surface area contributed by atoms with Crippen LogP contribution in [0.3, 0.4) is 0 Å². The Bertz CT molecular complexity index is 540. The maximum atomic E-state index is 5.61. The lowest BCUT2D eigenvalue weighted by molar-refractivity contribution is 0.107. The van der Waals surface area contributed by atoms with E-state index in [1.165, 1.54) is 31.2 Å². The van der Waals surface area contributed by atoms with Crippen molar-refractivity contribution < 1.29 is 4.74 Å². The molecule has 1 aliphatic carbocycles. The number of hydrogen-bond acceptors (Lipinski definition) is 3. The topological polar surface area (TPSA) is 63.5 Å². The lowest BCUT2D eigenvalue weighted by Gasteiger charge is -2.27. The minimum absolute atomic E-state index is 0. The molecule has 1 fully saturated rings. The lowest BCUT2D eigenvalue weighted by Crippen LogP contribution is -2.39. The van der Waals surface area contributed by atoms with E-state index in [2.05, 4.69) is 35.8 Å². The number of hydrogen-bond donors (Lipinski definition) is 2. The van der Waals surface area contributed by atoms with Crippen LogP contribution in [0.15, 0.2) is 17.4 Å². The van der Waals surface area contributed by atoms with E-state index in [1.54, 1.807) is 0 Å². The first-order chi connectivity index (χ1) is 12.7. The predicted molar refractivity (Wildman–Crippen MR) is 123 cm³/mol. The monoisotopic (exact) mass is 491 g/mol. The van der Waals surface area contributed by atoms with Gasteiger partial charge in [0.15, 0.2) is 5.96 Å². The molecule has 0 spiro atoms. The summed E-state index contributed by atoms with van der Waals surface area (Å²) in [7, 11) is 1.96. The number of aromatic nitrogens is 2. The summed E-state index contributed by atoms with van der Waals surface area (Å²) in [4.78, 5) is 4.92. The molecule has 0 saturated heterocycles. The van der Waals surface area contributed by atoms with E-state index >= 15 is 0 Å². The number of nitrogens with one attached hydrogen (secondary N) is 2. The Morgan fingerprint density at radius 2 is 2.07 bits per heavy atom. The van der Waals surface area contributed by atoms with Crippen molar-refractivity contribution in [3.05, 3.63) is 18.0 Å². The third kappa shape index (κ3) is 8.81. The Balaban J connectivity index is 0.00000364. The first kappa shape index (κ1) is 24.2. The zero-order valence-electron chi connectivity index (χ0n) is 17.3. The Hall–Kier alpha value is -0.830. The van der Waals surface area contributed by atoms with E-state index in [0.717, 1.165) is 58.1 Å². The molecule has 1 saturated carbocycles. The summed E-state index contributed by atoms with van der Waals surface area (Å²) < 4.78 is 7.47. The highest BCUT2D eigenvalue weighted by Crippen LogP contribution is 2.41. The second-order valence-electron chi connectivity index (χ2n) is 7.40. The predicted octanol–water partition coefficient (Wildman–Crippen LogP) is 3.51. The second kappa shape index (κ2) is 13.4. The molecule has 1 heterocycles. The third-order valence-electron chi connectivity index (χ3n) is 5.25. The van der Waals surface area contributed by atoms with Gasteiger partial charge in [-0.1, -0.05) is 12.8 Å². The number of aryl methyl sites for hydroxylation is 2. The van der Waals surface area contributed by atoms with Crippen LogP contribution in [-0.2, 0) is 18.2 Å². The molecule has 0 bridgehead atoms. The highest BCUT2D eigenvalue weighted by Gasteiger charge is 2.33. The molecule has 0 atom stereocenters. The molecular formula is C20H38IN5O. The van der Waals surface area contributed by atoms with Crippen molar-refractivity contribution in [3.63, 3.8) is 0 Å². The summed E-state index contributed by atoms with van der Waals surface area (Å²) in [6.07, 6.45) is 12.5. The van der Waals surface area contributed by atoms with E-state index in [4.69, 9.17) is 9.73 Å². The maximum Gasteiger partial charge on any atom is 0.191 e. The van der Waals surface area contributed by atoms with E-state index < -0.39 is 0 Å². The minimum atomic E-state index is 0. The lowest BCUT2D eigenvalue weighted by atomic mass is 9.83. The van der Waals surface area contributed by atoms with Crippen LogP contribution in [0.5, 0.6) is 0 Å². The molecule has 0 aromatic carbocycles. The molecule has 2 N–H and O–H groups in total. The van der Waals surface area contributed by atoms with Gasteiger partial charge < -0.3 is 15.4 Å². The molecule has 1 aromatic rings. The van der Waals surface area contributed by atoms with Crippen LogP contribution in [0.2, 0.25) is 0 Å². The van der Waals surface area contributed by atoms with Crippen molar-refractivity contribution in [3.8, 4) is 0 Å². The Labute approximate surface area is 181 Å². The first-order valence-electron chi connectivity index (χ1n) is 10.2. The summed E-state index contributed by atoms with van der Waals surface area (Å²) in [5.41, 5.74) is 1.63. The number of ether oxygens (including phenoxy) is 1. The summed E-state index contributed by atoms with van der Waals surface area (Å²) in [5.74, 6) is 0.946. The number of halogens is 1. The number of guanidine groups is 1. The highest BCUT2D eigenvalue weighted by atomic mass is 127. The van der Waals surface area contributed by atoms with Crippen LogP contribution in [0.4, 0.5) is 0 Å². The normalized spacial score (nSPS) is 16.2. The van der Waals surface area contributed by atoms with Gasteiger partial charge in [-0.25, -0.2) is 0 Å². The summed E-state index contributed by atoms with van der Waals surface area (Å²) in [6, 6.07) is 0. The minimum Gasteiger partial charge on any atom is -0.382 e. The van der Waals surface area contributed by atoms with Gasteiger partial charge in [-0.05, 0) is 56.9 Å². The van der Waals surface area contributed by atoms with Crippen LogP contribution < -0.4 is 10.6 Å². The fourth-order valence-corrected chi connectivity index (χ4v) is 3.73. The van der Waals surface area contributed by atoms with Crippen molar-refractivity contribution in [2.24, 2.45) is 17.5 Å². The van der Waals surface area contributed by atoms with Gasteiger partial charge in [-0.15, -0.1) is 24.0 Å². The molecule has 7 heteroatoms. The molecule has 0 aliphatic heterocycles. The largest absolute Gasteiger partial charge is 0.382 e. The van der Waals surface area contributed by atoms with Crippen LogP contribution in [-0.4, -0.2) is 48.6 Å². The van der Waals surface area contributed by atoms with E-state index in [9.17, 15) is 0 Å². The SMILES string of the molecule is CCNC(=NCC1(CCOCC)CCCC1)NCCCc1cnn(C)c1.I. The summed E-state index contributed by atoms with van der Waals surface area (Å²) in [5, 5.41) is 11.1. The van der Waals surface area contributed by atoms with Crippen LogP contribution >= 0.6 is 24.0 Å². The van der Waals surface area contributed by atoms with Crippen molar-refractivity contribution in [1.82, 2.24) is 20.4 Å². The van der Waals surface area contributed by atoms with Crippen molar-refractivity contribution >= 4 is 29.9 Å². The van der Waals surface area contributed by atoms with Crippen molar-refractivity contribution in [2.75, 3.05) is 32.8 Å². The Kier molecular flexibility index (Phi) is 12.0. The Morgan fingerprint density at radius 3 is 2.70 bits per heavy atom. The smallest absolute Gasteiger partial charge is 0.191 e. The van der Waals surface area contributed by atoms with Crippen molar-refractivity contribution in [2.45, 2.75) is 58.8 Å². The van der Waals surface area contributed by atoms with Crippen LogP contribution in [0.25, 0.3) is 0 Å². The van der Waals surface area contributed by atoms with E-state index in [-0.39, 0.29) is 24.0 Å². The van der Waals surface area contributed by atoms with Crippen molar-refractivity contribution in [1.29, 1.82) is 0 Å². The van der Waals surface area contributed by atoms with Gasteiger partial charge in [0.2, 0.25) is 0 Å². The molecule has 6 nitrogen and oxygen atoms in total. The fraction of sp³-hybridized carbons (Fsp3) is 0.800. The number of rotatable bonds is 11. The van der Waals surface area contributed by atoms with Crippen LogP contribution in [0, 0.1) is 5.41 Å². The van der Waals surface area contributed by atoms with Gasteiger partial charge in [0.25, 0.3) is 0 Å². The average Bonchev–Trinajstić information content (AvgIpc) is 3.26. The molecule has 156 valence electrons. The van der Waals surface area contributed by atoms with E-state index in [1.807, 2.05) is 17.9 Å². The zero-order chi connectivity index (χ0) is 18.7. The molecule has 2 rings (SSSR count). The molecule has 1 aromatic heterocycles.